The van der Waals surface area contributed by atoms with Crippen molar-refractivity contribution in [3.05, 3.63) is 0 Å². The topological polar surface area (TPSA) is 15.6 Å². The van der Waals surface area contributed by atoms with Gasteiger partial charge in [0.15, 0.2) is 5.17 Å². The zero-order chi connectivity index (χ0) is 10.8. The van der Waals surface area contributed by atoms with Crippen LogP contribution in [0.25, 0.3) is 0 Å². The van der Waals surface area contributed by atoms with Gasteiger partial charge in [-0.25, -0.2) is 0 Å². The molecule has 14 heavy (non-hydrogen) atoms. The van der Waals surface area contributed by atoms with Crippen LogP contribution in [0.15, 0.2) is 4.99 Å². The van der Waals surface area contributed by atoms with Crippen LogP contribution < -0.4 is 0 Å². The Labute approximate surface area is 99.7 Å². The fourth-order valence-electron chi connectivity index (χ4n) is 1.17. The molecule has 0 aromatic heterocycles. The summed E-state index contributed by atoms with van der Waals surface area (Å²) in [4.78, 5) is 6.88. The van der Waals surface area contributed by atoms with E-state index in [-0.39, 0.29) is 5.54 Å². The van der Waals surface area contributed by atoms with Crippen LogP contribution >= 0.6 is 27.7 Å². The number of aliphatic imine (C=N–C) groups is 1. The van der Waals surface area contributed by atoms with Gasteiger partial charge in [-0.2, -0.15) is 0 Å². The van der Waals surface area contributed by atoms with Crippen molar-refractivity contribution >= 4 is 32.9 Å². The Morgan fingerprint density at radius 3 is 2.71 bits per heavy atom. The number of alkyl halides is 1. The zero-order valence-electron chi connectivity index (χ0n) is 9.38. The Hall–Kier alpha value is 0.300. The summed E-state index contributed by atoms with van der Waals surface area (Å²) in [7, 11) is 2.14. The lowest BCUT2D eigenvalue weighted by Crippen LogP contribution is -2.43. The van der Waals surface area contributed by atoms with E-state index in [9.17, 15) is 0 Å². The number of hydrogen-bond donors (Lipinski definition) is 0. The lowest BCUT2D eigenvalue weighted by molar-refractivity contribution is 0.251. The lowest BCUT2D eigenvalue weighted by Gasteiger charge is -2.36. The van der Waals surface area contributed by atoms with Crippen LogP contribution in [0, 0.1) is 0 Å². The summed E-state index contributed by atoms with van der Waals surface area (Å²) < 4.78 is 0. The molecule has 0 aliphatic carbocycles. The van der Waals surface area contributed by atoms with E-state index >= 15 is 0 Å². The Balaban J connectivity index is 2.59. The molecule has 0 saturated heterocycles. The summed E-state index contributed by atoms with van der Waals surface area (Å²) in [5.41, 5.74) is 0.215. The zero-order valence-corrected chi connectivity index (χ0v) is 11.8. The van der Waals surface area contributed by atoms with Gasteiger partial charge in [-0.05, 0) is 20.3 Å². The normalized spacial score (nSPS) is 22.4. The van der Waals surface area contributed by atoms with E-state index in [1.165, 1.54) is 5.17 Å². The maximum Gasteiger partial charge on any atom is 0.159 e. The molecule has 0 radical (unpaired) electrons. The monoisotopic (exact) mass is 278 g/mol. The molecular weight excluding hydrogens is 260 g/mol. The fourth-order valence-corrected chi connectivity index (χ4v) is 2.83. The third-order valence-corrected chi connectivity index (χ3v) is 5.41. The van der Waals surface area contributed by atoms with Crippen LogP contribution in [0.5, 0.6) is 0 Å². The first kappa shape index (κ1) is 12.4. The highest BCUT2D eigenvalue weighted by molar-refractivity contribution is 9.09. The number of halogens is 1. The van der Waals surface area contributed by atoms with Crippen molar-refractivity contribution in [2.75, 3.05) is 18.9 Å². The quantitative estimate of drug-likeness (QED) is 0.738. The first-order valence-electron chi connectivity index (χ1n) is 5.02. The SMILES string of the molecule is CCC(C)(C)N(C)C1=NCC(CBr)S1. The molecule has 1 rings (SSSR count). The van der Waals surface area contributed by atoms with E-state index in [1.54, 1.807) is 0 Å². The van der Waals surface area contributed by atoms with Gasteiger partial charge in [-0.3, -0.25) is 4.99 Å². The van der Waals surface area contributed by atoms with Crippen LogP contribution in [-0.2, 0) is 0 Å². The van der Waals surface area contributed by atoms with Gasteiger partial charge >= 0.3 is 0 Å². The molecule has 4 heteroatoms. The van der Waals surface area contributed by atoms with Gasteiger partial charge in [0.25, 0.3) is 0 Å². The van der Waals surface area contributed by atoms with E-state index in [2.05, 4.69) is 53.6 Å². The molecule has 0 amide bonds. The predicted molar refractivity (Wildman–Crippen MR) is 69.6 cm³/mol. The summed E-state index contributed by atoms with van der Waals surface area (Å²) in [5, 5.41) is 2.85. The molecule has 1 unspecified atom stereocenters. The predicted octanol–water partition coefficient (Wildman–Crippen LogP) is 2.97. The molecule has 1 aliphatic rings. The maximum absolute atomic E-state index is 4.58. The van der Waals surface area contributed by atoms with Gasteiger partial charge in [-0.1, -0.05) is 34.6 Å². The maximum atomic E-state index is 4.58. The van der Waals surface area contributed by atoms with Crippen LogP contribution in [0.4, 0.5) is 0 Å². The van der Waals surface area contributed by atoms with Crippen LogP contribution in [-0.4, -0.2) is 39.8 Å². The van der Waals surface area contributed by atoms with Gasteiger partial charge < -0.3 is 4.90 Å². The van der Waals surface area contributed by atoms with Crippen molar-refractivity contribution < 1.29 is 0 Å². The summed E-state index contributed by atoms with van der Waals surface area (Å²) in [5.74, 6) is 0. The van der Waals surface area contributed by atoms with E-state index in [4.69, 9.17) is 0 Å². The van der Waals surface area contributed by atoms with Crippen LogP contribution in [0.3, 0.4) is 0 Å². The van der Waals surface area contributed by atoms with Gasteiger partial charge in [0.05, 0.1) is 6.54 Å². The Bertz CT molecular complexity index is 228. The minimum Gasteiger partial charge on any atom is -0.349 e. The van der Waals surface area contributed by atoms with E-state index < -0.39 is 0 Å². The van der Waals surface area contributed by atoms with Gasteiger partial charge in [0, 0.05) is 23.2 Å². The average molecular weight is 279 g/mol. The largest absolute Gasteiger partial charge is 0.349 e. The smallest absolute Gasteiger partial charge is 0.159 e. The first-order valence-corrected chi connectivity index (χ1v) is 7.02. The van der Waals surface area contributed by atoms with Crippen molar-refractivity contribution in [2.24, 2.45) is 4.99 Å². The molecule has 0 aromatic rings. The molecule has 2 nitrogen and oxygen atoms in total. The van der Waals surface area contributed by atoms with Crippen molar-refractivity contribution in [1.82, 2.24) is 4.90 Å². The molecule has 1 atom stereocenters. The van der Waals surface area contributed by atoms with Gasteiger partial charge in [0.1, 0.15) is 0 Å². The third kappa shape index (κ3) is 2.66. The summed E-state index contributed by atoms with van der Waals surface area (Å²) in [6.07, 6.45) is 1.14. The van der Waals surface area contributed by atoms with E-state index in [0.717, 1.165) is 18.3 Å². The highest BCUT2D eigenvalue weighted by Crippen LogP contribution is 2.29. The van der Waals surface area contributed by atoms with Gasteiger partial charge in [-0.15, -0.1) is 0 Å². The summed E-state index contributed by atoms with van der Waals surface area (Å²) in [6, 6.07) is 0. The standard InChI is InChI=1S/C10H19BrN2S/c1-5-10(2,3)13(4)9-12-7-8(6-11)14-9/h8H,5-7H2,1-4H3. The highest BCUT2D eigenvalue weighted by atomic mass is 79.9. The molecule has 0 bridgehead atoms. The third-order valence-electron chi connectivity index (χ3n) is 2.93. The van der Waals surface area contributed by atoms with Crippen LogP contribution in [0.1, 0.15) is 27.2 Å². The number of hydrogen-bond acceptors (Lipinski definition) is 3. The molecule has 1 heterocycles. The van der Waals surface area contributed by atoms with Crippen molar-refractivity contribution in [3.63, 3.8) is 0 Å². The number of rotatable bonds is 3. The van der Waals surface area contributed by atoms with Crippen molar-refractivity contribution in [2.45, 2.75) is 38.0 Å². The van der Waals surface area contributed by atoms with Crippen molar-refractivity contribution in [3.8, 4) is 0 Å². The van der Waals surface area contributed by atoms with Crippen LogP contribution in [0.2, 0.25) is 0 Å². The summed E-state index contributed by atoms with van der Waals surface area (Å²) in [6.45, 7) is 7.70. The lowest BCUT2D eigenvalue weighted by atomic mass is 10.0. The molecule has 0 saturated carbocycles. The number of thioether (sulfide) groups is 1. The molecular formula is C10H19BrN2S. The molecule has 0 fully saturated rings. The second-order valence-electron chi connectivity index (χ2n) is 4.24. The Morgan fingerprint density at radius 1 is 1.64 bits per heavy atom. The fraction of sp³-hybridized carbons (Fsp3) is 0.900. The molecule has 1 aliphatic heterocycles. The van der Waals surface area contributed by atoms with E-state index in [0.29, 0.717) is 5.25 Å². The minimum absolute atomic E-state index is 0.215. The average Bonchev–Trinajstić information content (AvgIpc) is 2.64. The Kier molecular flexibility index (Phi) is 4.31. The molecule has 0 aromatic carbocycles. The first-order chi connectivity index (χ1) is 6.51. The second-order valence-corrected chi connectivity index (χ2v) is 6.16. The number of amidine groups is 1. The molecule has 82 valence electrons. The summed E-state index contributed by atoms with van der Waals surface area (Å²) >= 11 is 5.40. The minimum atomic E-state index is 0.215. The highest BCUT2D eigenvalue weighted by Gasteiger charge is 2.29. The second kappa shape index (κ2) is 4.88. The molecule has 0 N–H and O–H groups in total. The van der Waals surface area contributed by atoms with Gasteiger partial charge in [0.2, 0.25) is 0 Å². The Morgan fingerprint density at radius 2 is 2.29 bits per heavy atom. The molecule has 0 spiro atoms. The number of nitrogens with zero attached hydrogens (tertiary/aromatic N) is 2. The van der Waals surface area contributed by atoms with Crippen molar-refractivity contribution in [1.29, 1.82) is 0 Å². The van der Waals surface area contributed by atoms with E-state index in [1.807, 2.05) is 11.8 Å².